The lowest BCUT2D eigenvalue weighted by atomic mass is 9.79. The quantitative estimate of drug-likeness (QED) is 0.929. The second kappa shape index (κ2) is 4.75. The lowest BCUT2D eigenvalue weighted by Crippen LogP contribution is -2.34. The number of carboxylic acid groups (broad SMARTS) is 1. The Morgan fingerprint density at radius 2 is 1.60 bits per heavy atom. The molecule has 0 spiro atoms. The van der Waals surface area contributed by atoms with Gasteiger partial charge in [-0.2, -0.15) is 0 Å². The van der Waals surface area contributed by atoms with Crippen LogP contribution in [0.2, 0.25) is 0 Å². The Labute approximate surface area is 116 Å². The molecule has 0 saturated carbocycles. The molecule has 0 aliphatic heterocycles. The maximum absolute atomic E-state index is 13.0. The van der Waals surface area contributed by atoms with Crippen molar-refractivity contribution in [2.24, 2.45) is 5.41 Å². The molecule has 20 heavy (non-hydrogen) atoms. The van der Waals surface area contributed by atoms with Crippen LogP contribution in [-0.2, 0) is 24.1 Å². The highest BCUT2D eigenvalue weighted by Gasteiger charge is 2.43. The van der Waals surface area contributed by atoms with Gasteiger partial charge in [-0.1, -0.05) is 36.4 Å². The number of aliphatic carboxylic acids is 1. The largest absolute Gasteiger partial charge is 0.481 e. The van der Waals surface area contributed by atoms with Gasteiger partial charge in [0, 0.05) is 0 Å². The standard InChI is InChI=1S/C17H15FO2/c18-15-7-5-12(6-8-15)9-17(16(19)20)10-13-3-1-2-4-14(13)11-17/h1-8H,9-11H2,(H,19,20). The van der Waals surface area contributed by atoms with E-state index >= 15 is 0 Å². The third-order valence-electron chi connectivity index (χ3n) is 4.09. The number of halogens is 1. The van der Waals surface area contributed by atoms with Crippen LogP contribution in [-0.4, -0.2) is 11.1 Å². The van der Waals surface area contributed by atoms with Crippen molar-refractivity contribution in [2.75, 3.05) is 0 Å². The van der Waals surface area contributed by atoms with Gasteiger partial charge in [-0.25, -0.2) is 4.39 Å². The van der Waals surface area contributed by atoms with E-state index in [1.165, 1.54) is 12.1 Å². The maximum atomic E-state index is 13.0. The minimum absolute atomic E-state index is 0.298. The minimum Gasteiger partial charge on any atom is -0.481 e. The van der Waals surface area contributed by atoms with Gasteiger partial charge in [0.1, 0.15) is 5.82 Å². The Bertz CT molecular complexity index is 621. The average Bonchev–Trinajstić information content (AvgIpc) is 2.81. The van der Waals surface area contributed by atoms with E-state index < -0.39 is 11.4 Å². The Kier molecular flexibility index (Phi) is 3.05. The zero-order chi connectivity index (χ0) is 14.2. The molecular weight excluding hydrogens is 255 g/mol. The number of carboxylic acids is 1. The zero-order valence-electron chi connectivity index (χ0n) is 11.0. The van der Waals surface area contributed by atoms with Crippen LogP contribution in [0.1, 0.15) is 16.7 Å². The molecule has 0 bridgehead atoms. The van der Waals surface area contributed by atoms with E-state index in [4.69, 9.17) is 0 Å². The van der Waals surface area contributed by atoms with Crippen LogP contribution in [0.15, 0.2) is 48.5 Å². The van der Waals surface area contributed by atoms with E-state index in [-0.39, 0.29) is 5.82 Å². The summed E-state index contributed by atoms with van der Waals surface area (Å²) >= 11 is 0. The smallest absolute Gasteiger partial charge is 0.310 e. The summed E-state index contributed by atoms with van der Waals surface area (Å²) in [6, 6.07) is 14.0. The van der Waals surface area contributed by atoms with Crippen molar-refractivity contribution >= 4 is 5.97 Å². The predicted molar refractivity (Wildman–Crippen MR) is 74.0 cm³/mol. The van der Waals surface area contributed by atoms with Crippen molar-refractivity contribution in [1.82, 2.24) is 0 Å². The van der Waals surface area contributed by atoms with Crippen molar-refractivity contribution in [3.8, 4) is 0 Å². The number of rotatable bonds is 3. The summed E-state index contributed by atoms with van der Waals surface area (Å²) in [4.78, 5) is 11.8. The highest BCUT2D eigenvalue weighted by atomic mass is 19.1. The van der Waals surface area contributed by atoms with E-state index in [1.807, 2.05) is 24.3 Å². The first-order chi connectivity index (χ1) is 9.59. The molecule has 0 aromatic heterocycles. The lowest BCUT2D eigenvalue weighted by molar-refractivity contribution is -0.148. The van der Waals surface area contributed by atoms with Crippen LogP contribution in [0.3, 0.4) is 0 Å². The molecule has 3 heteroatoms. The molecule has 1 aliphatic carbocycles. The molecule has 3 rings (SSSR count). The number of hydrogen-bond donors (Lipinski definition) is 1. The van der Waals surface area contributed by atoms with Crippen LogP contribution in [0.4, 0.5) is 4.39 Å². The van der Waals surface area contributed by atoms with Gasteiger partial charge in [-0.05, 0) is 48.1 Å². The van der Waals surface area contributed by atoms with Crippen molar-refractivity contribution < 1.29 is 14.3 Å². The van der Waals surface area contributed by atoms with Crippen molar-refractivity contribution in [3.63, 3.8) is 0 Å². The molecule has 0 amide bonds. The van der Waals surface area contributed by atoms with E-state index in [0.717, 1.165) is 16.7 Å². The SMILES string of the molecule is O=C(O)C1(Cc2ccc(F)cc2)Cc2ccccc2C1. The van der Waals surface area contributed by atoms with Gasteiger partial charge < -0.3 is 5.11 Å². The first-order valence-corrected chi connectivity index (χ1v) is 6.64. The first kappa shape index (κ1) is 12.9. The lowest BCUT2D eigenvalue weighted by Gasteiger charge is -2.24. The summed E-state index contributed by atoms with van der Waals surface area (Å²) in [5.74, 6) is -1.08. The number of benzene rings is 2. The monoisotopic (exact) mass is 270 g/mol. The zero-order valence-corrected chi connectivity index (χ0v) is 11.0. The number of hydrogen-bond acceptors (Lipinski definition) is 1. The molecule has 0 unspecified atom stereocenters. The summed E-state index contributed by atoms with van der Waals surface area (Å²) in [5.41, 5.74) is 2.28. The molecule has 2 aromatic carbocycles. The van der Waals surface area contributed by atoms with Gasteiger partial charge in [-0.15, -0.1) is 0 Å². The van der Waals surface area contributed by atoms with Crippen molar-refractivity contribution in [2.45, 2.75) is 19.3 Å². The third-order valence-corrected chi connectivity index (χ3v) is 4.09. The van der Waals surface area contributed by atoms with Gasteiger partial charge >= 0.3 is 5.97 Å². The first-order valence-electron chi connectivity index (χ1n) is 6.64. The van der Waals surface area contributed by atoms with Gasteiger partial charge in [0.05, 0.1) is 5.41 Å². The van der Waals surface area contributed by atoms with Crippen LogP contribution in [0.5, 0.6) is 0 Å². The topological polar surface area (TPSA) is 37.3 Å². The summed E-state index contributed by atoms with van der Waals surface area (Å²) in [6.07, 6.45) is 1.50. The van der Waals surface area contributed by atoms with Crippen LogP contribution in [0.25, 0.3) is 0 Å². The number of fused-ring (bicyclic) bond motifs is 1. The van der Waals surface area contributed by atoms with Crippen molar-refractivity contribution in [1.29, 1.82) is 0 Å². The van der Waals surface area contributed by atoms with Crippen LogP contribution < -0.4 is 0 Å². The van der Waals surface area contributed by atoms with Gasteiger partial charge in [0.15, 0.2) is 0 Å². The predicted octanol–water partition coefficient (Wildman–Crippen LogP) is 3.24. The Balaban J connectivity index is 1.92. The average molecular weight is 270 g/mol. The van der Waals surface area contributed by atoms with E-state index in [1.54, 1.807) is 12.1 Å². The number of carbonyl (C=O) groups is 1. The molecule has 1 N–H and O–H groups in total. The molecule has 2 aromatic rings. The Hall–Kier alpha value is -2.16. The Morgan fingerprint density at radius 3 is 2.10 bits per heavy atom. The molecule has 0 atom stereocenters. The highest BCUT2D eigenvalue weighted by molar-refractivity contribution is 5.77. The molecule has 2 nitrogen and oxygen atoms in total. The van der Waals surface area contributed by atoms with Gasteiger partial charge in [0.25, 0.3) is 0 Å². The second-order valence-corrected chi connectivity index (χ2v) is 5.51. The fraction of sp³-hybridized carbons (Fsp3) is 0.235. The van der Waals surface area contributed by atoms with E-state index in [0.29, 0.717) is 19.3 Å². The van der Waals surface area contributed by atoms with Crippen molar-refractivity contribution in [3.05, 3.63) is 71.0 Å². The molecular formula is C17H15FO2. The maximum Gasteiger partial charge on any atom is 0.310 e. The Morgan fingerprint density at radius 1 is 1.05 bits per heavy atom. The molecule has 102 valence electrons. The van der Waals surface area contributed by atoms with Crippen LogP contribution in [0, 0.1) is 11.2 Å². The second-order valence-electron chi connectivity index (χ2n) is 5.51. The van der Waals surface area contributed by atoms with E-state index in [2.05, 4.69) is 0 Å². The normalized spacial score (nSPS) is 15.8. The van der Waals surface area contributed by atoms with Gasteiger partial charge in [-0.3, -0.25) is 4.79 Å². The summed E-state index contributed by atoms with van der Waals surface area (Å²) < 4.78 is 13.0. The fourth-order valence-corrected chi connectivity index (χ4v) is 3.04. The van der Waals surface area contributed by atoms with E-state index in [9.17, 15) is 14.3 Å². The molecule has 0 radical (unpaired) electrons. The molecule has 1 aliphatic rings. The third kappa shape index (κ3) is 2.20. The summed E-state index contributed by atoms with van der Waals surface area (Å²) in [6.45, 7) is 0. The summed E-state index contributed by atoms with van der Waals surface area (Å²) in [7, 11) is 0. The van der Waals surface area contributed by atoms with Crippen LogP contribution >= 0.6 is 0 Å². The van der Waals surface area contributed by atoms with Gasteiger partial charge in [0.2, 0.25) is 0 Å². The summed E-state index contributed by atoms with van der Waals surface area (Å²) in [5, 5.41) is 9.68. The fourth-order valence-electron chi connectivity index (χ4n) is 3.04. The molecule has 0 saturated heterocycles. The molecule has 0 fully saturated rings. The minimum atomic E-state index is -0.804. The molecule has 0 heterocycles. The highest BCUT2D eigenvalue weighted by Crippen LogP contribution is 2.40.